The average molecular weight is 253 g/mol. The molecule has 0 aromatic carbocycles. The van der Waals surface area contributed by atoms with Crippen LogP contribution in [0.15, 0.2) is 6.20 Å². The number of aromatic nitrogens is 1. The number of thiazole rings is 1. The lowest BCUT2D eigenvalue weighted by molar-refractivity contribution is 1.17. The zero-order valence-corrected chi connectivity index (χ0v) is 8.36. The number of nitrogens with zero attached hydrogens (tertiary/aromatic N) is 1. The molecular weight excluding hydrogens is 245 g/mol. The first-order chi connectivity index (χ1) is 4.20. The molecule has 0 saturated heterocycles. The molecule has 0 aliphatic rings. The molecule has 0 aliphatic heterocycles. The topological polar surface area (TPSA) is 12.9 Å². The van der Waals surface area contributed by atoms with Crippen molar-refractivity contribution in [3.05, 3.63) is 16.1 Å². The van der Waals surface area contributed by atoms with E-state index in [0.29, 0.717) is 3.92 Å². The summed E-state index contributed by atoms with van der Waals surface area (Å²) >= 11 is 4.17. The number of hydrogen-bond acceptors (Lipinski definition) is 2. The van der Waals surface area contributed by atoms with Crippen LogP contribution in [0.25, 0.3) is 0 Å². The van der Waals surface area contributed by atoms with Crippen LogP contribution in [0.4, 0.5) is 0 Å². The molecule has 1 aromatic heterocycles. The van der Waals surface area contributed by atoms with Crippen molar-refractivity contribution in [3.8, 4) is 0 Å². The minimum absolute atomic E-state index is 0.605. The van der Waals surface area contributed by atoms with Gasteiger partial charge in [0.1, 0.15) is 0 Å². The van der Waals surface area contributed by atoms with E-state index < -0.39 is 0 Å². The highest BCUT2D eigenvalue weighted by Gasteiger charge is 2.02. The number of hydrogen-bond donors (Lipinski definition) is 0. The van der Waals surface area contributed by atoms with Crippen LogP contribution >= 0.6 is 33.9 Å². The molecule has 0 aliphatic carbocycles. The van der Waals surface area contributed by atoms with Crippen LogP contribution < -0.4 is 0 Å². The van der Waals surface area contributed by atoms with Crippen molar-refractivity contribution in [2.24, 2.45) is 0 Å². The predicted molar refractivity (Wildman–Crippen MR) is 49.3 cm³/mol. The molecule has 0 fully saturated rings. The molecule has 1 nitrogen and oxygen atoms in total. The van der Waals surface area contributed by atoms with E-state index in [2.05, 4.69) is 34.5 Å². The second-order valence-electron chi connectivity index (χ2n) is 1.90. The number of aryl methyl sites for hydroxylation is 1. The summed E-state index contributed by atoms with van der Waals surface area (Å²) < 4.78 is 0.605. The van der Waals surface area contributed by atoms with Crippen molar-refractivity contribution in [2.75, 3.05) is 0 Å². The van der Waals surface area contributed by atoms with Crippen LogP contribution in [0.2, 0.25) is 0 Å². The highest BCUT2D eigenvalue weighted by Crippen LogP contribution is 2.26. The van der Waals surface area contributed by atoms with Gasteiger partial charge in [-0.1, -0.05) is 22.6 Å². The van der Waals surface area contributed by atoms with Gasteiger partial charge in [0.15, 0.2) is 0 Å². The van der Waals surface area contributed by atoms with Crippen LogP contribution in [0, 0.1) is 6.92 Å². The Bertz CT molecular complexity index is 195. The van der Waals surface area contributed by atoms with E-state index in [9.17, 15) is 0 Å². The molecule has 0 radical (unpaired) electrons. The van der Waals surface area contributed by atoms with Crippen LogP contribution in [-0.2, 0) is 0 Å². The van der Waals surface area contributed by atoms with Gasteiger partial charge in [-0.15, -0.1) is 11.3 Å². The summed E-state index contributed by atoms with van der Waals surface area (Å²) in [6.07, 6.45) is 1.96. The van der Waals surface area contributed by atoms with E-state index in [1.807, 2.05) is 13.1 Å². The van der Waals surface area contributed by atoms with Crippen LogP contribution in [0.5, 0.6) is 0 Å². The predicted octanol–water partition coefficient (Wildman–Crippen LogP) is 2.95. The van der Waals surface area contributed by atoms with E-state index in [4.69, 9.17) is 0 Å². The molecule has 0 amide bonds. The highest BCUT2D eigenvalue weighted by atomic mass is 127. The maximum Gasteiger partial charge on any atom is 0.0897 e. The van der Waals surface area contributed by atoms with E-state index in [1.54, 1.807) is 11.3 Å². The number of halogens is 1. The Hall–Kier alpha value is 0.360. The van der Waals surface area contributed by atoms with Gasteiger partial charge in [-0.3, -0.25) is 0 Å². The molecule has 1 rings (SSSR count). The molecule has 9 heavy (non-hydrogen) atoms. The summed E-state index contributed by atoms with van der Waals surface area (Å²) in [5, 5.41) is 1.16. The minimum Gasteiger partial charge on any atom is -0.250 e. The lowest BCUT2D eigenvalue weighted by Crippen LogP contribution is -1.72. The minimum atomic E-state index is 0.605. The Labute approximate surface area is 72.6 Å². The molecule has 0 bridgehead atoms. The molecular formula is C6H8INS. The third-order valence-corrected chi connectivity index (χ3v) is 3.22. The van der Waals surface area contributed by atoms with Gasteiger partial charge >= 0.3 is 0 Å². The van der Waals surface area contributed by atoms with Gasteiger partial charge in [-0.2, -0.15) is 0 Å². The van der Waals surface area contributed by atoms with Crippen molar-refractivity contribution in [3.63, 3.8) is 0 Å². The molecule has 0 spiro atoms. The van der Waals surface area contributed by atoms with E-state index in [0.717, 1.165) is 5.01 Å². The molecule has 0 N–H and O–H groups in total. The third-order valence-electron chi connectivity index (χ3n) is 1.03. The molecule has 0 unspecified atom stereocenters. The fourth-order valence-electron chi connectivity index (χ4n) is 0.562. The second kappa shape index (κ2) is 2.96. The van der Waals surface area contributed by atoms with Crippen molar-refractivity contribution in [2.45, 2.75) is 17.8 Å². The Morgan fingerprint density at radius 3 is 2.67 bits per heavy atom. The molecule has 1 aromatic rings. The van der Waals surface area contributed by atoms with Crippen molar-refractivity contribution < 1.29 is 0 Å². The van der Waals surface area contributed by atoms with Gasteiger partial charge < -0.3 is 0 Å². The fraction of sp³-hybridized carbons (Fsp3) is 0.500. The summed E-state index contributed by atoms with van der Waals surface area (Å²) in [5.74, 6) is 0. The van der Waals surface area contributed by atoms with Crippen LogP contribution in [0.1, 0.15) is 20.7 Å². The molecule has 3 heteroatoms. The first kappa shape index (κ1) is 7.47. The van der Waals surface area contributed by atoms with E-state index in [-0.39, 0.29) is 0 Å². The zero-order chi connectivity index (χ0) is 6.85. The monoisotopic (exact) mass is 253 g/mol. The average Bonchev–Trinajstić information content (AvgIpc) is 2.14. The summed E-state index contributed by atoms with van der Waals surface area (Å²) in [4.78, 5) is 5.52. The SMILES string of the molecule is Cc1ncc([C@@H](C)I)s1. The van der Waals surface area contributed by atoms with Crippen molar-refractivity contribution >= 4 is 33.9 Å². The molecule has 1 heterocycles. The standard InChI is InChI=1S/C6H8INS/c1-4(7)6-3-8-5(2)9-6/h3-4H,1-2H3/t4-/m1/s1. The molecule has 0 saturated carbocycles. The third kappa shape index (κ3) is 1.89. The second-order valence-corrected chi connectivity index (χ2v) is 5.03. The lowest BCUT2D eigenvalue weighted by Gasteiger charge is -1.92. The van der Waals surface area contributed by atoms with Crippen LogP contribution in [-0.4, -0.2) is 4.98 Å². The van der Waals surface area contributed by atoms with Gasteiger partial charge in [0.2, 0.25) is 0 Å². The normalized spacial score (nSPS) is 13.7. The van der Waals surface area contributed by atoms with E-state index in [1.165, 1.54) is 4.88 Å². The fourth-order valence-corrected chi connectivity index (χ4v) is 1.82. The van der Waals surface area contributed by atoms with Crippen molar-refractivity contribution in [1.82, 2.24) is 4.98 Å². The Morgan fingerprint density at radius 1 is 1.78 bits per heavy atom. The Balaban J connectivity index is 2.85. The summed E-state index contributed by atoms with van der Waals surface area (Å²) in [5.41, 5.74) is 0. The summed E-state index contributed by atoms with van der Waals surface area (Å²) in [7, 11) is 0. The van der Waals surface area contributed by atoms with Gasteiger partial charge in [0, 0.05) is 15.0 Å². The maximum absolute atomic E-state index is 4.15. The number of alkyl halides is 1. The van der Waals surface area contributed by atoms with Crippen molar-refractivity contribution in [1.29, 1.82) is 0 Å². The largest absolute Gasteiger partial charge is 0.250 e. The molecule has 50 valence electrons. The first-order valence-electron chi connectivity index (χ1n) is 2.76. The first-order valence-corrected chi connectivity index (χ1v) is 4.83. The molecule has 1 atom stereocenters. The smallest absolute Gasteiger partial charge is 0.0897 e. The van der Waals surface area contributed by atoms with Gasteiger partial charge in [-0.25, -0.2) is 4.98 Å². The summed E-state index contributed by atoms with van der Waals surface area (Å²) in [6.45, 7) is 4.21. The quantitative estimate of drug-likeness (QED) is 0.554. The Morgan fingerprint density at radius 2 is 2.44 bits per heavy atom. The number of rotatable bonds is 1. The van der Waals surface area contributed by atoms with Gasteiger partial charge in [0.25, 0.3) is 0 Å². The zero-order valence-electron chi connectivity index (χ0n) is 5.39. The lowest BCUT2D eigenvalue weighted by atomic mass is 10.4. The Kier molecular flexibility index (Phi) is 2.46. The van der Waals surface area contributed by atoms with E-state index >= 15 is 0 Å². The summed E-state index contributed by atoms with van der Waals surface area (Å²) in [6, 6.07) is 0. The van der Waals surface area contributed by atoms with Gasteiger partial charge in [-0.05, 0) is 13.8 Å². The maximum atomic E-state index is 4.15. The van der Waals surface area contributed by atoms with Gasteiger partial charge in [0.05, 0.1) is 5.01 Å². The van der Waals surface area contributed by atoms with Crippen LogP contribution in [0.3, 0.4) is 0 Å². The highest BCUT2D eigenvalue weighted by molar-refractivity contribution is 14.1.